The van der Waals surface area contributed by atoms with Gasteiger partial charge in [0.05, 0.1) is 13.2 Å². The van der Waals surface area contributed by atoms with E-state index in [0.29, 0.717) is 6.61 Å². The third-order valence-electron chi connectivity index (χ3n) is 2.20. The van der Waals surface area contributed by atoms with E-state index in [9.17, 15) is 0 Å². The lowest BCUT2D eigenvalue weighted by Gasteiger charge is -2.20. The molecule has 86 valence electrons. The van der Waals surface area contributed by atoms with Crippen LogP contribution in [0.5, 0.6) is 5.75 Å². The highest BCUT2D eigenvalue weighted by atomic mass is 32.2. The highest BCUT2D eigenvalue weighted by Crippen LogP contribution is 2.29. The molecule has 0 atom stereocenters. The Morgan fingerprint density at radius 3 is 3.00 bits per heavy atom. The number of benzene rings is 1. The van der Waals surface area contributed by atoms with Gasteiger partial charge in [0.1, 0.15) is 11.4 Å². The second-order valence-electron chi connectivity index (χ2n) is 3.28. The van der Waals surface area contributed by atoms with Crippen molar-refractivity contribution in [3.05, 3.63) is 24.3 Å². The van der Waals surface area contributed by atoms with Crippen LogP contribution in [0.25, 0.3) is 0 Å². The Bertz CT molecular complexity index is 395. The van der Waals surface area contributed by atoms with Gasteiger partial charge in [-0.2, -0.15) is 0 Å². The van der Waals surface area contributed by atoms with Crippen molar-refractivity contribution in [2.75, 3.05) is 23.9 Å². The molecule has 0 saturated carbocycles. The zero-order valence-electron chi connectivity index (χ0n) is 9.22. The van der Waals surface area contributed by atoms with Gasteiger partial charge in [0, 0.05) is 5.75 Å². The van der Waals surface area contributed by atoms with E-state index >= 15 is 0 Å². The van der Waals surface area contributed by atoms with Gasteiger partial charge in [0.2, 0.25) is 0 Å². The Balaban J connectivity index is 2.24. The maximum atomic E-state index is 6.03. The van der Waals surface area contributed by atoms with E-state index in [0.717, 1.165) is 28.9 Å². The molecule has 1 aliphatic heterocycles. The van der Waals surface area contributed by atoms with E-state index in [4.69, 9.17) is 10.6 Å². The Labute approximate surface area is 99.5 Å². The monoisotopic (exact) mass is 237 g/mol. The average molecular weight is 237 g/mol. The van der Waals surface area contributed by atoms with Crippen molar-refractivity contribution in [1.82, 2.24) is 0 Å². The number of rotatable bonds is 3. The number of para-hydroxylation sites is 2. The van der Waals surface area contributed by atoms with E-state index in [1.54, 1.807) is 16.8 Å². The molecule has 1 aliphatic rings. The largest absolute Gasteiger partial charge is 0.492 e. The minimum atomic E-state index is 0.629. The molecule has 0 radical (unpaired) electrons. The second kappa shape index (κ2) is 5.23. The van der Waals surface area contributed by atoms with Crippen LogP contribution < -0.4 is 15.6 Å². The number of hydrogen-bond donors (Lipinski definition) is 1. The summed E-state index contributed by atoms with van der Waals surface area (Å²) in [5, 5.41) is 2.45. The normalized spacial score (nSPS) is 14.8. The van der Waals surface area contributed by atoms with Gasteiger partial charge < -0.3 is 4.74 Å². The maximum absolute atomic E-state index is 6.03. The van der Waals surface area contributed by atoms with Crippen molar-refractivity contribution >= 4 is 22.6 Å². The fourth-order valence-corrected chi connectivity index (χ4v) is 2.29. The quantitative estimate of drug-likeness (QED) is 0.644. The molecule has 0 bridgehead atoms. The van der Waals surface area contributed by atoms with Crippen LogP contribution in [0.15, 0.2) is 29.3 Å². The maximum Gasteiger partial charge on any atom is 0.178 e. The Kier molecular flexibility index (Phi) is 3.69. The molecule has 1 aromatic rings. The van der Waals surface area contributed by atoms with Crippen LogP contribution >= 0.6 is 11.8 Å². The molecule has 0 spiro atoms. The summed E-state index contributed by atoms with van der Waals surface area (Å²) in [6.07, 6.45) is 0. The van der Waals surface area contributed by atoms with Crippen LogP contribution in [-0.2, 0) is 0 Å². The SMILES string of the molecule is CCOc1ccccc1N(N)C1=NCCS1. The van der Waals surface area contributed by atoms with Gasteiger partial charge in [0.25, 0.3) is 0 Å². The summed E-state index contributed by atoms with van der Waals surface area (Å²) < 4.78 is 5.53. The molecule has 5 heteroatoms. The van der Waals surface area contributed by atoms with Crippen LogP contribution in [-0.4, -0.2) is 24.1 Å². The van der Waals surface area contributed by atoms with Gasteiger partial charge in [-0.1, -0.05) is 23.9 Å². The van der Waals surface area contributed by atoms with Gasteiger partial charge in [-0.05, 0) is 19.1 Å². The van der Waals surface area contributed by atoms with E-state index in [1.165, 1.54) is 0 Å². The average Bonchev–Trinajstić information content (AvgIpc) is 2.83. The Hall–Kier alpha value is -1.20. The smallest absolute Gasteiger partial charge is 0.178 e. The van der Waals surface area contributed by atoms with Gasteiger partial charge in [0.15, 0.2) is 5.17 Å². The van der Waals surface area contributed by atoms with E-state index in [-0.39, 0.29) is 0 Å². The van der Waals surface area contributed by atoms with Crippen molar-refractivity contribution < 1.29 is 4.74 Å². The molecule has 2 rings (SSSR count). The lowest BCUT2D eigenvalue weighted by molar-refractivity contribution is 0.341. The number of hydrazine groups is 1. The molecular formula is C11H15N3OS. The molecule has 1 aromatic carbocycles. The molecule has 0 amide bonds. The molecule has 0 aliphatic carbocycles. The first kappa shape index (κ1) is 11.3. The molecule has 0 aromatic heterocycles. The van der Waals surface area contributed by atoms with Gasteiger partial charge >= 0.3 is 0 Å². The minimum Gasteiger partial charge on any atom is -0.492 e. The zero-order valence-corrected chi connectivity index (χ0v) is 10.0. The first-order valence-electron chi connectivity index (χ1n) is 5.27. The van der Waals surface area contributed by atoms with Crippen LogP contribution in [0.1, 0.15) is 6.92 Å². The lowest BCUT2D eigenvalue weighted by Crippen LogP contribution is -2.35. The lowest BCUT2D eigenvalue weighted by atomic mass is 10.3. The molecular weight excluding hydrogens is 222 g/mol. The summed E-state index contributed by atoms with van der Waals surface area (Å²) in [7, 11) is 0. The number of nitrogens with zero attached hydrogens (tertiary/aromatic N) is 2. The van der Waals surface area contributed by atoms with E-state index < -0.39 is 0 Å². The predicted octanol–water partition coefficient (Wildman–Crippen LogP) is 1.87. The molecule has 0 unspecified atom stereocenters. The zero-order chi connectivity index (χ0) is 11.4. The topological polar surface area (TPSA) is 50.9 Å². The van der Waals surface area contributed by atoms with Crippen LogP contribution in [0.3, 0.4) is 0 Å². The summed E-state index contributed by atoms with van der Waals surface area (Å²) in [5.41, 5.74) is 0.859. The number of thioether (sulfide) groups is 1. The molecule has 2 N–H and O–H groups in total. The molecule has 16 heavy (non-hydrogen) atoms. The summed E-state index contributed by atoms with van der Waals surface area (Å²) >= 11 is 1.67. The highest BCUT2D eigenvalue weighted by molar-refractivity contribution is 8.14. The summed E-state index contributed by atoms with van der Waals surface area (Å²) in [4.78, 5) is 4.34. The summed E-state index contributed by atoms with van der Waals surface area (Å²) in [6, 6.07) is 7.73. The Morgan fingerprint density at radius 1 is 1.50 bits per heavy atom. The van der Waals surface area contributed by atoms with E-state index in [2.05, 4.69) is 4.99 Å². The predicted molar refractivity (Wildman–Crippen MR) is 69.0 cm³/mol. The third kappa shape index (κ3) is 2.31. The standard InChI is InChI=1S/C11H15N3OS/c1-2-15-10-6-4-3-5-9(10)14(12)11-13-7-8-16-11/h3-6H,2,7-8,12H2,1H3. The minimum absolute atomic E-state index is 0.629. The first-order chi connectivity index (χ1) is 7.83. The first-order valence-corrected chi connectivity index (χ1v) is 6.25. The van der Waals surface area contributed by atoms with Crippen molar-refractivity contribution in [1.29, 1.82) is 0 Å². The van der Waals surface area contributed by atoms with Crippen molar-refractivity contribution in [3.63, 3.8) is 0 Å². The van der Waals surface area contributed by atoms with Gasteiger partial charge in [-0.25, -0.2) is 5.84 Å². The number of hydrogen-bond acceptors (Lipinski definition) is 5. The number of aliphatic imine (C=N–C) groups is 1. The van der Waals surface area contributed by atoms with Gasteiger partial charge in [-0.15, -0.1) is 0 Å². The summed E-state index contributed by atoms with van der Waals surface area (Å²) in [6.45, 7) is 3.43. The molecule has 4 nitrogen and oxygen atoms in total. The second-order valence-corrected chi connectivity index (χ2v) is 4.35. The van der Waals surface area contributed by atoms with Crippen molar-refractivity contribution in [3.8, 4) is 5.75 Å². The highest BCUT2D eigenvalue weighted by Gasteiger charge is 2.17. The third-order valence-corrected chi connectivity index (χ3v) is 3.17. The van der Waals surface area contributed by atoms with E-state index in [1.807, 2.05) is 31.2 Å². The van der Waals surface area contributed by atoms with Crippen LogP contribution in [0, 0.1) is 0 Å². The summed E-state index contributed by atoms with van der Waals surface area (Å²) in [5.74, 6) is 7.83. The molecule has 0 saturated heterocycles. The van der Waals surface area contributed by atoms with Crippen molar-refractivity contribution in [2.24, 2.45) is 10.8 Å². The number of amidine groups is 1. The number of ether oxygens (including phenoxy) is 1. The van der Waals surface area contributed by atoms with Gasteiger partial charge in [-0.3, -0.25) is 10.0 Å². The molecule has 0 fully saturated rings. The fourth-order valence-electron chi connectivity index (χ4n) is 1.51. The molecule has 1 heterocycles. The van der Waals surface area contributed by atoms with Crippen molar-refractivity contribution in [2.45, 2.75) is 6.92 Å². The Morgan fingerprint density at radius 2 is 2.31 bits per heavy atom. The van der Waals surface area contributed by atoms with Crippen LogP contribution in [0.2, 0.25) is 0 Å². The fraction of sp³-hybridized carbons (Fsp3) is 0.364. The number of nitrogens with two attached hydrogens (primary N) is 1. The number of anilines is 1. The van der Waals surface area contributed by atoms with Crippen LogP contribution in [0.4, 0.5) is 5.69 Å².